The predicted molar refractivity (Wildman–Crippen MR) is 87.9 cm³/mol. The average molecular weight is 313 g/mol. The number of carboxylic acids is 1. The van der Waals surface area contributed by atoms with Gasteiger partial charge >= 0.3 is 5.97 Å². The minimum Gasteiger partial charge on any atom is -0.481 e. The van der Waals surface area contributed by atoms with Crippen molar-refractivity contribution in [2.75, 3.05) is 5.32 Å². The van der Waals surface area contributed by atoms with E-state index in [0.29, 0.717) is 12.2 Å². The number of anilines is 1. The Hall–Kier alpha value is -2.82. The van der Waals surface area contributed by atoms with Gasteiger partial charge < -0.3 is 15.2 Å². The summed E-state index contributed by atoms with van der Waals surface area (Å²) in [6.07, 6.45) is -0.228. The lowest BCUT2D eigenvalue weighted by molar-refractivity contribution is -0.122. The van der Waals surface area contributed by atoms with E-state index >= 15 is 0 Å². The van der Waals surface area contributed by atoms with E-state index in [2.05, 4.69) is 5.32 Å². The molecule has 5 nitrogen and oxygen atoms in total. The van der Waals surface area contributed by atoms with Crippen LogP contribution in [0.5, 0.6) is 5.75 Å². The fourth-order valence-electron chi connectivity index (χ4n) is 2.17. The molecule has 0 heterocycles. The summed E-state index contributed by atoms with van der Waals surface area (Å²) in [6, 6.07) is 13.7. The summed E-state index contributed by atoms with van der Waals surface area (Å²) in [5, 5.41) is 11.8. The summed E-state index contributed by atoms with van der Waals surface area (Å²) >= 11 is 0. The molecule has 0 fully saturated rings. The SMILES string of the molecule is CCC(Oc1cccc(C)c1)C(=O)Nc1ccccc1C(=O)O. The first-order valence-corrected chi connectivity index (χ1v) is 7.37. The van der Waals surface area contributed by atoms with Crippen molar-refractivity contribution in [3.8, 4) is 5.75 Å². The Kier molecular flexibility index (Phi) is 5.36. The Morgan fingerprint density at radius 2 is 1.91 bits per heavy atom. The van der Waals surface area contributed by atoms with E-state index in [1.54, 1.807) is 24.3 Å². The van der Waals surface area contributed by atoms with Crippen LogP contribution in [0.15, 0.2) is 48.5 Å². The van der Waals surface area contributed by atoms with Crippen LogP contribution < -0.4 is 10.1 Å². The smallest absolute Gasteiger partial charge is 0.337 e. The lowest BCUT2D eigenvalue weighted by Crippen LogP contribution is -2.32. The van der Waals surface area contributed by atoms with Crippen molar-refractivity contribution in [3.05, 3.63) is 59.7 Å². The molecule has 0 aliphatic carbocycles. The number of carbonyl (C=O) groups excluding carboxylic acids is 1. The molecule has 2 aromatic rings. The van der Waals surface area contributed by atoms with Crippen LogP contribution in [0, 0.1) is 6.92 Å². The first kappa shape index (κ1) is 16.5. The van der Waals surface area contributed by atoms with Gasteiger partial charge in [-0.1, -0.05) is 31.2 Å². The van der Waals surface area contributed by atoms with E-state index in [9.17, 15) is 9.59 Å². The third-order valence-electron chi connectivity index (χ3n) is 3.35. The molecule has 0 spiro atoms. The van der Waals surface area contributed by atoms with Crippen LogP contribution in [0.25, 0.3) is 0 Å². The first-order chi connectivity index (χ1) is 11.0. The van der Waals surface area contributed by atoms with Gasteiger partial charge in [0, 0.05) is 0 Å². The molecule has 1 atom stereocenters. The number of hydrogen-bond donors (Lipinski definition) is 2. The van der Waals surface area contributed by atoms with E-state index < -0.39 is 12.1 Å². The van der Waals surface area contributed by atoms with E-state index in [0.717, 1.165) is 5.56 Å². The molecule has 0 radical (unpaired) electrons. The van der Waals surface area contributed by atoms with Crippen LogP contribution in [0.2, 0.25) is 0 Å². The van der Waals surface area contributed by atoms with Crippen molar-refractivity contribution in [3.63, 3.8) is 0 Å². The van der Waals surface area contributed by atoms with E-state index in [1.165, 1.54) is 6.07 Å². The van der Waals surface area contributed by atoms with Crippen LogP contribution in [0.1, 0.15) is 29.3 Å². The van der Waals surface area contributed by atoms with Crippen LogP contribution in [0.3, 0.4) is 0 Å². The zero-order valence-electron chi connectivity index (χ0n) is 13.1. The Morgan fingerprint density at radius 3 is 2.57 bits per heavy atom. The van der Waals surface area contributed by atoms with Crippen molar-refractivity contribution >= 4 is 17.6 Å². The number of para-hydroxylation sites is 1. The summed E-state index contributed by atoms with van der Waals surface area (Å²) in [6.45, 7) is 3.78. The standard InChI is InChI=1S/C18H19NO4/c1-3-16(23-13-8-6-7-12(2)11-13)17(20)19-15-10-5-4-9-14(15)18(21)22/h4-11,16H,3H2,1-2H3,(H,19,20)(H,21,22). The molecule has 120 valence electrons. The number of aryl methyl sites for hydroxylation is 1. The Bertz CT molecular complexity index is 712. The number of ether oxygens (including phenoxy) is 1. The summed E-state index contributed by atoms with van der Waals surface area (Å²) in [5.41, 5.74) is 1.34. The third kappa shape index (κ3) is 4.32. The van der Waals surface area contributed by atoms with Crippen molar-refractivity contribution < 1.29 is 19.4 Å². The average Bonchev–Trinajstić information content (AvgIpc) is 2.53. The van der Waals surface area contributed by atoms with Gasteiger partial charge in [-0.2, -0.15) is 0 Å². The van der Waals surface area contributed by atoms with Crippen molar-refractivity contribution in [2.45, 2.75) is 26.4 Å². The van der Waals surface area contributed by atoms with Gasteiger partial charge in [0.1, 0.15) is 5.75 Å². The van der Waals surface area contributed by atoms with Gasteiger partial charge in [-0.3, -0.25) is 4.79 Å². The second-order valence-corrected chi connectivity index (χ2v) is 5.17. The summed E-state index contributed by atoms with van der Waals surface area (Å²) in [5.74, 6) is -0.852. The molecular formula is C18H19NO4. The van der Waals surface area contributed by atoms with Gasteiger partial charge in [-0.15, -0.1) is 0 Å². The molecule has 1 unspecified atom stereocenters. The predicted octanol–water partition coefficient (Wildman–Crippen LogP) is 3.49. The maximum absolute atomic E-state index is 12.4. The second-order valence-electron chi connectivity index (χ2n) is 5.17. The molecule has 0 aliphatic heterocycles. The van der Waals surface area contributed by atoms with Gasteiger partial charge in [-0.05, 0) is 43.2 Å². The number of carbonyl (C=O) groups is 2. The van der Waals surface area contributed by atoms with Gasteiger partial charge in [-0.25, -0.2) is 4.79 Å². The second kappa shape index (κ2) is 7.45. The number of rotatable bonds is 6. The molecule has 0 aromatic heterocycles. The number of hydrogen-bond acceptors (Lipinski definition) is 3. The fraction of sp³-hybridized carbons (Fsp3) is 0.222. The number of benzene rings is 2. The van der Waals surface area contributed by atoms with Crippen LogP contribution in [-0.2, 0) is 4.79 Å². The number of nitrogens with one attached hydrogen (secondary N) is 1. The third-order valence-corrected chi connectivity index (χ3v) is 3.35. The largest absolute Gasteiger partial charge is 0.481 e. The van der Waals surface area contributed by atoms with Crippen LogP contribution >= 0.6 is 0 Å². The fourth-order valence-corrected chi connectivity index (χ4v) is 2.17. The van der Waals surface area contributed by atoms with E-state index in [1.807, 2.05) is 32.0 Å². The maximum atomic E-state index is 12.4. The van der Waals surface area contributed by atoms with Gasteiger partial charge in [0.2, 0.25) is 0 Å². The topological polar surface area (TPSA) is 75.6 Å². The molecule has 0 bridgehead atoms. The van der Waals surface area contributed by atoms with Gasteiger partial charge in [0.25, 0.3) is 5.91 Å². The Labute approximate surface area is 134 Å². The van der Waals surface area contributed by atoms with Crippen molar-refractivity contribution in [1.29, 1.82) is 0 Å². The van der Waals surface area contributed by atoms with Crippen molar-refractivity contribution in [2.24, 2.45) is 0 Å². The lowest BCUT2D eigenvalue weighted by Gasteiger charge is -2.18. The molecule has 5 heteroatoms. The lowest BCUT2D eigenvalue weighted by atomic mass is 10.1. The summed E-state index contributed by atoms with van der Waals surface area (Å²) < 4.78 is 5.72. The highest BCUT2D eigenvalue weighted by molar-refractivity contribution is 6.01. The quantitative estimate of drug-likeness (QED) is 0.856. The van der Waals surface area contributed by atoms with Crippen molar-refractivity contribution in [1.82, 2.24) is 0 Å². The van der Waals surface area contributed by atoms with E-state index in [-0.39, 0.29) is 17.2 Å². The minimum atomic E-state index is -1.09. The van der Waals surface area contributed by atoms with Crippen LogP contribution in [-0.4, -0.2) is 23.1 Å². The summed E-state index contributed by atoms with van der Waals surface area (Å²) in [4.78, 5) is 23.6. The molecule has 2 aromatic carbocycles. The highest BCUT2D eigenvalue weighted by atomic mass is 16.5. The molecule has 0 aliphatic rings. The number of carboxylic acid groups (broad SMARTS) is 1. The first-order valence-electron chi connectivity index (χ1n) is 7.37. The van der Waals surface area contributed by atoms with Gasteiger partial charge in [0.15, 0.2) is 6.10 Å². The summed E-state index contributed by atoms with van der Waals surface area (Å²) in [7, 11) is 0. The normalized spacial score (nSPS) is 11.6. The zero-order chi connectivity index (χ0) is 16.8. The molecule has 23 heavy (non-hydrogen) atoms. The Morgan fingerprint density at radius 1 is 1.17 bits per heavy atom. The highest BCUT2D eigenvalue weighted by Gasteiger charge is 2.20. The molecular weight excluding hydrogens is 294 g/mol. The Balaban J connectivity index is 2.13. The maximum Gasteiger partial charge on any atom is 0.337 e. The molecule has 0 saturated carbocycles. The number of amides is 1. The highest BCUT2D eigenvalue weighted by Crippen LogP contribution is 2.18. The van der Waals surface area contributed by atoms with Crippen LogP contribution in [0.4, 0.5) is 5.69 Å². The number of aromatic carboxylic acids is 1. The molecule has 0 saturated heterocycles. The zero-order valence-corrected chi connectivity index (χ0v) is 13.1. The van der Waals surface area contributed by atoms with E-state index in [4.69, 9.17) is 9.84 Å². The minimum absolute atomic E-state index is 0.0475. The molecule has 2 rings (SSSR count). The monoisotopic (exact) mass is 313 g/mol. The van der Waals surface area contributed by atoms with Gasteiger partial charge in [0.05, 0.1) is 11.3 Å². The molecule has 1 amide bonds. The molecule has 2 N–H and O–H groups in total.